The Bertz CT molecular complexity index is 1030. The maximum Gasteiger partial charge on any atom is 0.265 e. The number of carbonyl (C=O) groups is 1. The second-order valence-corrected chi connectivity index (χ2v) is 6.33. The minimum atomic E-state index is -0.713. The molecule has 2 aromatic carbocycles. The number of ether oxygens (including phenoxy) is 4. The third-order valence-corrected chi connectivity index (χ3v) is 4.46. The lowest BCUT2D eigenvalue weighted by atomic mass is 10.1. The number of nitrogens with one attached hydrogen (secondary N) is 1. The van der Waals surface area contributed by atoms with Gasteiger partial charge in [0.15, 0.2) is 28.8 Å². The van der Waals surface area contributed by atoms with Crippen LogP contribution in [0.4, 0.5) is 0 Å². The van der Waals surface area contributed by atoms with E-state index in [9.17, 15) is 4.79 Å². The molecule has 1 atom stereocenters. The Balaban J connectivity index is 1.21. The van der Waals surface area contributed by atoms with Gasteiger partial charge in [0, 0.05) is 11.6 Å². The SMILES string of the molecule is O=C(NCc1cc(-c2ccc3c(c2)OCO3)on1)C1COc2ccccc2O1. The second-order valence-electron chi connectivity index (χ2n) is 6.33. The van der Waals surface area contributed by atoms with Crippen LogP contribution in [0.2, 0.25) is 0 Å². The first-order chi connectivity index (χ1) is 13.8. The van der Waals surface area contributed by atoms with Crippen molar-refractivity contribution in [2.75, 3.05) is 13.4 Å². The van der Waals surface area contributed by atoms with E-state index in [1.807, 2.05) is 30.3 Å². The predicted octanol–water partition coefficient (Wildman–Crippen LogP) is 2.53. The lowest BCUT2D eigenvalue weighted by Crippen LogP contribution is -2.43. The minimum absolute atomic E-state index is 0.157. The number of benzene rings is 2. The van der Waals surface area contributed by atoms with Crippen molar-refractivity contribution in [3.8, 4) is 34.3 Å². The van der Waals surface area contributed by atoms with Gasteiger partial charge in [-0.3, -0.25) is 4.79 Å². The van der Waals surface area contributed by atoms with Crippen LogP contribution in [-0.2, 0) is 11.3 Å². The van der Waals surface area contributed by atoms with E-state index in [2.05, 4.69) is 10.5 Å². The van der Waals surface area contributed by atoms with Gasteiger partial charge in [-0.2, -0.15) is 0 Å². The fourth-order valence-corrected chi connectivity index (χ4v) is 3.02. The molecule has 0 bridgehead atoms. The number of hydrogen-bond donors (Lipinski definition) is 1. The highest BCUT2D eigenvalue weighted by atomic mass is 16.7. The lowest BCUT2D eigenvalue weighted by molar-refractivity contribution is -0.130. The molecule has 0 fully saturated rings. The highest BCUT2D eigenvalue weighted by molar-refractivity contribution is 5.81. The quantitative estimate of drug-likeness (QED) is 0.743. The molecule has 0 saturated carbocycles. The maximum atomic E-state index is 12.4. The molecule has 8 heteroatoms. The zero-order valence-corrected chi connectivity index (χ0v) is 14.7. The van der Waals surface area contributed by atoms with Gasteiger partial charge in [-0.1, -0.05) is 17.3 Å². The summed E-state index contributed by atoms with van der Waals surface area (Å²) in [6.07, 6.45) is -0.713. The standard InChI is InChI=1S/C20H16N2O6/c23-20(19-10-24-14-3-1-2-4-16(14)27-19)21-9-13-8-17(28-22-13)12-5-6-15-18(7-12)26-11-25-15/h1-8,19H,9-11H2,(H,21,23). The summed E-state index contributed by atoms with van der Waals surface area (Å²) < 4.78 is 27.3. The van der Waals surface area contributed by atoms with Gasteiger partial charge in [-0.05, 0) is 30.3 Å². The summed E-state index contributed by atoms with van der Waals surface area (Å²) in [4.78, 5) is 12.4. The van der Waals surface area contributed by atoms with E-state index >= 15 is 0 Å². The molecule has 0 spiro atoms. The van der Waals surface area contributed by atoms with Crippen molar-refractivity contribution in [1.29, 1.82) is 0 Å². The molecule has 28 heavy (non-hydrogen) atoms. The van der Waals surface area contributed by atoms with Crippen LogP contribution in [0.25, 0.3) is 11.3 Å². The summed E-state index contributed by atoms with van der Waals surface area (Å²) in [5.74, 6) is 2.86. The van der Waals surface area contributed by atoms with E-state index in [0.29, 0.717) is 34.5 Å². The Morgan fingerprint density at radius 3 is 2.75 bits per heavy atom. The van der Waals surface area contributed by atoms with Crippen LogP contribution >= 0.6 is 0 Å². The highest BCUT2D eigenvalue weighted by Gasteiger charge is 2.27. The zero-order chi connectivity index (χ0) is 18.9. The van der Waals surface area contributed by atoms with Crippen molar-refractivity contribution in [3.05, 3.63) is 54.2 Å². The van der Waals surface area contributed by atoms with Gasteiger partial charge in [-0.15, -0.1) is 0 Å². The molecule has 2 aliphatic rings. The first kappa shape index (κ1) is 16.5. The Morgan fingerprint density at radius 2 is 1.82 bits per heavy atom. The molecular weight excluding hydrogens is 364 g/mol. The fraction of sp³-hybridized carbons (Fsp3) is 0.200. The van der Waals surface area contributed by atoms with E-state index in [1.165, 1.54) is 0 Å². The van der Waals surface area contributed by atoms with Crippen LogP contribution in [0, 0.1) is 0 Å². The maximum absolute atomic E-state index is 12.4. The molecule has 0 radical (unpaired) electrons. The number of rotatable bonds is 4. The van der Waals surface area contributed by atoms with Gasteiger partial charge in [0.1, 0.15) is 12.3 Å². The molecule has 3 aromatic rings. The molecule has 1 aromatic heterocycles. The molecule has 8 nitrogen and oxygen atoms in total. The summed E-state index contributed by atoms with van der Waals surface area (Å²) in [6, 6.07) is 14.5. The fourth-order valence-electron chi connectivity index (χ4n) is 3.02. The molecule has 1 unspecified atom stereocenters. The van der Waals surface area contributed by atoms with Crippen molar-refractivity contribution in [3.63, 3.8) is 0 Å². The summed E-state index contributed by atoms with van der Waals surface area (Å²) in [7, 11) is 0. The summed E-state index contributed by atoms with van der Waals surface area (Å²) in [6.45, 7) is 0.586. The van der Waals surface area contributed by atoms with Crippen molar-refractivity contribution in [2.24, 2.45) is 0 Å². The molecule has 5 rings (SSSR count). The average Bonchev–Trinajstić information content (AvgIpc) is 3.40. The molecule has 2 aliphatic heterocycles. The van der Waals surface area contributed by atoms with E-state index in [-0.39, 0.29) is 25.9 Å². The van der Waals surface area contributed by atoms with E-state index in [0.717, 1.165) is 5.56 Å². The minimum Gasteiger partial charge on any atom is -0.485 e. The van der Waals surface area contributed by atoms with Crippen molar-refractivity contribution in [2.45, 2.75) is 12.6 Å². The number of amides is 1. The van der Waals surface area contributed by atoms with Crippen molar-refractivity contribution < 1.29 is 28.3 Å². The molecule has 3 heterocycles. The molecule has 1 N–H and O–H groups in total. The number of carbonyl (C=O) groups excluding carboxylic acids is 1. The van der Waals surface area contributed by atoms with Crippen LogP contribution in [0.5, 0.6) is 23.0 Å². The smallest absolute Gasteiger partial charge is 0.265 e. The molecular formula is C20H16N2O6. The molecule has 0 aliphatic carbocycles. The van der Waals surface area contributed by atoms with E-state index < -0.39 is 6.10 Å². The van der Waals surface area contributed by atoms with Crippen LogP contribution in [-0.4, -0.2) is 30.6 Å². The summed E-state index contributed by atoms with van der Waals surface area (Å²) in [5.41, 5.74) is 1.41. The number of aromatic nitrogens is 1. The van der Waals surface area contributed by atoms with E-state index in [1.54, 1.807) is 18.2 Å². The Labute approximate surface area is 159 Å². The van der Waals surface area contributed by atoms with Gasteiger partial charge in [0.05, 0.1) is 6.54 Å². The van der Waals surface area contributed by atoms with Crippen LogP contribution in [0.1, 0.15) is 5.69 Å². The topological polar surface area (TPSA) is 92.1 Å². The number of fused-ring (bicyclic) bond motifs is 2. The number of nitrogens with zero attached hydrogens (tertiary/aromatic N) is 1. The average molecular weight is 380 g/mol. The van der Waals surface area contributed by atoms with Crippen molar-refractivity contribution >= 4 is 5.91 Å². The third-order valence-electron chi connectivity index (χ3n) is 4.46. The van der Waals surface area contributed by atoms with Crippen LogP contribution in [0.15, 0.2) is 53.1 Å². The highest BCUT2D eigenvalue weighted by Crippen LogP contribution is 2.36. The molecule has 142 valence electrons. The zero-order valence-electron chi connectivity index (χ0n) is 14.7. The van der Waals surface area contributed by atoms with E-state index in [4.69, 9.17) is 23.5 Å². The van der Waals surface area contributed by atoms with Crippen LogP contribution in [0.3, 0.4) is 0 Å². The predicted molar refractivity (Wildman–Crippen MR) is 96.3 cm³/mol. The third kappa shape index (κ3) is 3.09. The van der Waals surface area contributed by atoms with Crippen molar-refractivity contribution in [1.82, 2.24) is 10.5 Å². The number of hydrogen-bond acceptors (Lipinski definition) is 7. The Morgan fingerprint density at radius 1 is 1.00 bits per heavy atom. The van der Waals surface area contributed by atoms with Gasteiger partial charge in [0.2, 0.25) is 12.9 Å². The Hall–Kier alpha value is -3.68. The van der Waals surface area contributed by atoms with Crippen LogP contribution < -0.4 is 24.3 Å². The molecule has 0 saturated heterocycles. The monoisotopic (exact) mass is 380 g/mol. The molecule has 1 amide bonds. The van der Waals surface area contributed by atoms with Gasteiger partial charge >= 0.3 is 0 Å². The summed E-state index contributed by atoms with van der Waals surface area (Å²) >= 11 is 0. The first-order valence-corrected chi connectivity index (χ1v) is 8.78. The lowest BCUT2D eigenvalue weighted by Gasteiger charge is -2.25. The van der Waals surface area contributed by atoms with Gasteiger partial charge < -0.3 is 28.8 Å². The largest absolute Gasteiger partial charge is 0.485 e. The Kier molecular flexibility index (Phi) is 4.01. The summed E-state index contributed by atoms with van der Waals surface area (Å²) in [5, 5.41) is 6.80. The van der Waals surface area contributed by atoms with Gasteiger partial charge in [-0.25, -0.2) is 0 Å². The normalized spacial score (nSPS) is 16.6. The van der Waals surface area contributed by atoms with Gasteiger partial charge in [0.25, 0.3) is 5.91 Å². The first-order valence-electron chi connectivity index (χ1n) is 8.78. The second kappa shape index (κ2) is 6.80. The number of para-hydroxylation sites is 2.